The fourth-order valence-electron chi connectivity index (χ4n) is 3.19. The zero-order chi connectivity index (χ0) is 21.0. The van der Waals surface area contributed by atoms with E-state index in [9.17, 15) is 24.8 Å². The van der Waals surface area contributed by atoms with Crippen LogP contribution in [0.3, 0.4) is 0 Å². The number of Topliss-reactive ketones (excluding diaryl/α,β-unsaturated/α-hetero) is 1. The number of carbonyl (C=O) groups excluding carboxylic acids is 2. The minimum Gasteiger partial charge on any atom is -0.503 e. The Kier molecular flexibility index (Phi) is 6.37. The summed E-state index contributed by atoms with van der Waals surface area (Å²) in [5, 5.41) is 32.5. The number of amides is 1. The number of ketones is 1. The highest BCUT2D eigenvalue weighted by atomic mass is 32.1. The predicted octanol–water partition coefficient (Wildman–Crippen LogP) is 2.24. The molecule has 29 heavy (non-hydrogen) atoms. The summed E-state index contributed by atoms with van der Waals surface area (Å²) in [5.41, 5.74) is -0.344. The van der Waals surface area contributed by atoms with Crippen molar-refractivity contribution < 1.29 is 29.5 Å². The van der Waals surface area contributed by atoms with Gasteiger partial charge >= 0.3 is 0 Å². The number of aliphatic hydroxyl groups excluding tert-OH is 2. The quantitative estimate of drug-likeness (QED) is 0.276. The summed E-state index contributed by atoms with van der Waals surface area (Å²) in [6.45, 7) is -0.149. The SMILES string of the molecule is O=C(C1=C(O)C(=O)N(CCOCCO)[C@H]1c1ccccc1[N+](=O)[O-])c1cccs1. The molecular weight excluding hydrogens is 400 g/mol. The third-order valence-corrected chi connectivity index (χ3v) is 5.30. The Morgan fingerprint density at radius 2 is 2.00 bits per heavy atom. The molecule has 2 aromatic rings. The maximum absolute atomic E-state index is 13.0. The summed E-state index contributed by atoms with van der Waals surface area (Å²) in [7, 11) is 0. The van der Waals surface area contributed by atoms with Crippen molar-refractivity contribution in [3.05, 3.63) is 73.7 Å². The summed E-state index contributed by atoms with van der Waals surface area (Å²) in [5.74, 6) is -2.10. The number of aliphatic hydroxyl groups is 2. The van der Waals surface area contributed by atoms with E-state index in [0.717, 1.165) is 11.3 Å². The molecule has 2 heterocycles. The molecule has 1 aliphatic rings. The Bertz CT molecular complexity index is 955. The maximum atomic E-state index is 13.0. The van der Waals surface area contributed by atoms with E-state index in [1.807, 2.05) is 0 Å². The lowest BCUT2D eigenvalue weighted by molar-refractivity contribution is -0.385. The first-order valence-corrected chi connectivity index (χ1v) is 9.59. The van der Waals surface area contributed by atoms with Gasteiger partial charge in [-0.05, 0) is 17.5 Å². The minimum absolute atomic E-state index is 0.0250. The Hall–Kier alpha value is -3.08. The molecule has 1 aliphatic heterocycles. The number of nitro benzene ring substituents is 1. The zero-order valence-electron chi connectivity index (χ0n) is 15.2. The lowest BCUT2D eigenvalue weighted by Gasteiger charge is -2.26. The lowest BCUT2D eigenvalue weighted by Crippen LogP contribution is -2.34. The molecule has 1 aromatic heterocycles. The molecule has 1 atom stereocenters. The second kappa shape index (κ2) is 8.95. The summed E-state index contributed by atoms with van der Waals surface area (Å²) >= 11 is 1.14. The molecule has 0 aliphatic carbocycles. The smallest absolute Gasteiger partial charge is 0.290 e. The highest BCUT2D eigenvalue weighted by Gasteiger charge is 2.45. The van der Waals surface area contributed by atoms with Crippen molar-refractivity contribution in [3.8, 4) is 0 Å². The van der Waals surface area contributed by atoms with Crippen LogP contribution in [0, 0.1) is 10.1 Å². The number of benzene rings is 1. The summed E-state index contributed by atoms with van der Waals surface area (Å²) in [6, 6.07) is 7.87. The van der Waals surface area contributed by atoms with Gasteiger partial charge in [-0.3, -0.25) is 19.7 Å². The number of rotatable bonds is 9. The minimum atomic E-state index is -1.13. The van der Waals surface area contributed by atoms with Crippen LogP contribution in [0.2, 0.25) is 0 Å². The van der Waals surface area contributed by atoms with Crippen molar-refractivity contribution in [1.29, 1.82) is 0 Å². The van der Waals surface area contributed by atoms with Gasteiger partial charge in [0.2, 0.25) is 5.78 Å². The van der Waals surface area contributed by atoms with Gasteiger partial charge in [-0.15, -0.1) is 11.3 Å². The van der Waals surface area contributed by atoms with Gasteiger partial charge in [0.15, 0.2) is 5.76 Å². The van der Waals surface area contributed by atoms with Crippen LogP contribution in [0.4, 0.5) is 5.69 Å². The van der Waals surface area contributed by atoms with E-state index in [1.165, 1.54) is 23.1 Å². The van der Waals surface area contributed by atoms with Crippen LogP contribution < -0.4 is 0 Å². The van der Waals surface area contributed by atoms with Crippen LogP contribution in [0.1, 0.15) is 21.3 Å². The van der Waals surface area contributed by atoms with Crippen molar-refractivity contribution in [2.24, 2.45) is 0 Å². The molecule has 0 bridgehead atoms. The molecule has 0 fully saturated rings. The number of nitro groups is 1. The standard InChI is InChI=1S/C19H18N2O7S/c22-8-10-28-9-7-20-16(12-4-1-2-5-13(12)21(26)27)15(18(24)19(20)25)17(23)14-6-3-11-29-14/h1-6,11,16,22,24H,7-10H2/t16-/m0/s1. The van der Waals surface area contributed by atoms with Crippen LogP contribution >= 0.6 is 11.3 Å². The fraction of sp³-hybridized carbons (Fsp3) is 0.263. The molecular formula is C19H18N2O7S. The van der Waals surface area contributed by atoms with E-state index in [2.05, 4.69) is 0 Å². The van der Waals surface area contributed by atoms with Crippen LogP contribution in [-0.2, 0) is 9.53 Å². The third kappa shape index (κ3) is 4.04. The maximum Gasteiger partial charge on any atom is 0.290 e. The summed E-state index contributed by atoms with van der Waals surface area (Å²) in [4.78, 5) is 38.2. The van der Waals surface area contributed by atoms with Crippen molar-refractivity contribution >= 4 is 28.7 Å². The van der Waals surface area contributed by atoms with Gasteiger partial charge in [-0.2, -0.15) is 0 Å². The van der Waals surface area contributed by atoms with E-state index in [4.69, 9.17) is 9.84 Å². The Balaban J connectivity index is 2.07. The van der Waals surface area contributed by atoms with Crippen LogP contribution in [0.15, 0.2) is 53.1 Å². The molecule has 0 spiro atoms. The van der Waals surface area contributed by atoms with Crippen molar-refractivity contribution in [3.63, 3.8) is 0 Å². The van der Waals surface area contributed by atoms with Crippen LogP contribution in [0.5, 0.6) is 0 Å². The van der Waals surface area contributed by atoms with Crippen LogP contribution in [0.25, 0.3) is 0 Å². The largest absolute Gasteiger partial charge is 0.503 e. The van der Waals surface area contributed by atoms with Crippen molar-refractivity contribution in [2.75, 3.05) is 26.4 Å². The van der Waals surface area contributed by atoms with E-state index in [1.54, 1.807) is 23.6 Å². The summed E-state index contributed by atoms with van der Waals surface area (Å²) in [6.07, 6.45) is 0. The monoisotopic (exact) mass is 418 g/mol. The average molecular weight is 418 g/mol. The Morgan fingerprint density at radius 3 is 2.66 bits per heavy atom. The van der Waals surface area contributed by atoms with Gasteiger partial charge in [-0.25, -0.2) is 0 Å². The van der Waals surface area contributed by atoms with Crippen molar-refractivity contribution in [1.82, 2.24) is 4.90 Å². The number of ether oxygens (including phenoxy) is 1. The third-order valence-electron chi connectivity index (χ3n) is 4.43. The topological polar surface area (TPSA) is 130 Å². The van der Waals surface area contributed by atoms with Gasteiger partial charge in [-0.1, -0.05) is 18.2 Å². The van der Waals surface area contributed by atoms with Gasteiger partial charge in [0.05, 0.1) is 46.8 Å². The second-order valence-electron chi connectivity index (χ2n) is 6.12. The normalized spacial score (nSPS) is 16.5. The molecule has 3 rings (SSSR count). The molecule has 0 saturated heterocycles. The first kappa shape index (κ1) is 20.6. The molecule has 152 valence electrons. The van der Waals surface area contributed by atoms with Gasteiger partial charge in [0.25, 0.3) is 11.6 Å². The number of carbonyl (C=O) groups is 2. The first-order chi connectivity index (χ1) is 14.0. The van der Waals surface area contributed by atoms with Gasteiger partial charge < -0.3 is 19.8 Å². The molecule has 2 N–H and O–H groups in total. The number of nitrogens with zero attached hydrogens (tertiary/aromatic N) is 2. The lowest BCUT2D eigenvalue weighted by atomic mass is 9.94. The molecule has 1 aromatic carbocycles. The van der Waals surface area contributed by atoms with Gasteiger partial charge in [0.1, 0.15) is 0 Å². The highest BCUT2D eigenvalue weighted by Crippen LogP contribution is 2.42. The Labute approximate surface area is 169 Å². The van der Waals surface area contributed by atoms with E-state index in [-0.39, 0.29) is 43.2 Å². The molecule has 0 radical (unpaired) electrons. The van der Waals surface area contributed by atoms with E-state index < -0.39 is 28.4 Å². The number of thiophene rings is 1. The number of hydrogen-bond donors (Lipinski definition) is 2. The Morgan fingerprint density at radius 1 is 1.24 bits per heavy atom. The van der Waals surface area contributed by atoms with E-state index in [0.29, 0.717) is 4.88 Å². The first-order valence-electron chi connectivity index (χ1n) is 8.71. The van der Waals surface area contributed by atoms with Crippen molar-refractivity contribution in [2.45, 2.75) is 6.04 Å². The molecule has 0 unspecified atom stereocenters. The summed E-state index contributed by atoms with van der Waals surface area (Å²) < 4.78 is 5.20. The van der Waals surface area contributed by atoms with Crippen LogP contribution in [-0.4, -0.2) is 58.1 Å². The zero-order valence-corrected chi connectivity index (χ0v) is 16.0. The second-order valence-corrected chi connectivity index (χ2v) is 7.07. The number of hydrogen-bond acceptors (Lipinski definition) is 8. The average Bonchev–Trinajstić information content (AvgIpc) is 3.33. The number of para-hydroxylation sites is 1. The van der Waals surface area contributed by atoms with E-state index >= 15 is 0 Å². The highest BCUT2D eigenvalue weighted by molar-refractivity contribution is 7.12. The predicted molar refractivity (Wildman–Crippen MR) is 104 cm³/mol. The molecule has 9 nitrogen and oxygen atoms in total. The fourth-order valence-corrected chi connectivity index (χ4v) is 3.87. The molecule has 10 heteroatoms. The molecule has 1 amide bonds. The molecule has 0 saturated carbocycles. The van der Waals surface area contributed by atoms with Gasteiger partial charge in [0, 0.05) is 12.6 Å².